The van der Waals surface area contributed by atoms with Crippen molar-refractivity contribution >= 4 is 23.4 Å². The van der Waals surface area contributed by atoms with Crippen molar-refractivity contribution in [3.05, 3.63) is 18.2 Å². The first-order chi connectivity index (χ1) is 11.5. The van der Waals surface area contributed by atoms with E-state index in [1.807, 2.05) is 20.8 Å². The van der Waals surface area contributed by atoms with Crippen molar-refractivity contribution in [2.24, 2.45) is 0 Å². The van der Waals surface area contributed by atoms with Gasteiger partial charge in [-0.05, 0) is 43.3 Å². The predicted octanol–water partition coefficient (Wildman–Crippen LogP) is 2.14. The van der Waals surface area contributed by atoms with Gasteiger partial charge in [0, 0.05) is 11.8 Å². The zero-order chi connectivity index (χ0) is 17.1. The van der Waals surface area contributed by atoms with E-state index in [1.165, 1.54) is 11.8 Å². The summed E-state index contributed by atoms with van der Waals surface area (Å²) in [6.07, 6.45) is 0. The zero-order valence-electron chi connectivity index (χ0n) is 13.7. The second-order valence-corrected chi connectivity index (χ2v) is 6.92. The van der Waals surface area contributed by atoms with Gasteiger partial charge in [0.25, 0.3) is 0 Å². The second kappa shape index (κ2) is 7.08. The quantitative estimate of drug-likeness (QED) is 0.827. The predicted molar refractivity (Wildman–Crippen MR) is 89.6 cm³/mol. The van der Waals surface area contributed by atoms with E-state index in [-0.39, 0.29) is 17.2 Å². The molecule has 0 unspecified atom stereocenters. The highest BCUT2D eigenvalue weighted by molar-refractivity contribution is 8.00. The van der Waals surface area contributed by atoms with E-state index in [1.54, 1.807) is 22.9 Å². The maximum atomic E-state index is 12.4. The fourth-order valence-corrected chi connectivity index (χ4v) is 3.08. The second-order valence-electron chi connectivity index (χ2n) is 5.61. The van der Waals surface area contributed by atoms with Crippen LogP contribution in [-0.4, -0.2) is 44.6 Å². The minimum absolute atomic E-state index is 0.130. The number of hydrogen-bond acceptors (Lipinski definition) is 7. The number of amides is 1. The summed E-state index contributed by atoms with van der Waals surface area (Å²) in [5.74, 6) is 1.20. The molecular weight excluding hydrogens is 330 g/mol. The van der Waals surface area contributed by atoms with Gasteiger partial charge in [0.15, 0.2) is 11.5 Å². The Morgan fingerprint density at radius 1 is 1.25 bits per heavy atom. The third-order valence-corrected chi connectivity index (χ3v) is 4.46. The molecule has 0 aliphatic carbocycles. The van der Waals surface area contributed by atoms with Crippen molar-refractivity contribution < 1.29 is 14.3 Å². The molecular formula is C15H19N5O3S. The maximum Gasteiger partial charge on any atom is 0.237 e. The number of nitrogens with one attached hydrogen (secondary N) is 1. The van der Waals surface area contributed by atoms with Crippen LogP contribution in [0.15, 0.2) is 23.4 Å². The van der Waals surface area contributed by atoms with Crippen molar-refractivity contribution in [3.63, 3.8) is 0 Å². The van der Waals surface area contributed by atoms with E-state index in [9.17, 15) is 4.79 Å². The molecule has 9 heteroatoms. The average Bonchev–Trinajstić information content (AvgIpc) is 3.03. The van der Waals surface area contributed by atoms with Crippen LogP contribution in [0.25, 0.3) is 0 Å². The van der Waals surface area contributed by atoms with Gasteiger partial charge in [-0.3, -0.25) is 4.79 Å². The van der Waals surface area contributed by atoms with Gasteiger partial charge in [-0.2, -0.15) is 0 Å². The third-order valence-electron chi connectivity index (χ3n) is 3.41. The Kier molecular flexibility index (Phi) is 4.89. The molecule has 1 aliphatic rings. The summed E-state index contributed by atoms with van der Waals surface area (Å²) in [4.78, 5) is 12.4. The van der Waals surface area contributed by atoms with E-state index in [0.29, 0.717) is 35.6 Å². The van der Waals surface area contributed by atoms with Crippen LogP contribution >= 0.6 is 11.8 Å². The fourth-order valence-electron chi connectivity index (χ4n) is 2.16. The summed E-state index contributed by atoms with van der Waals surface area (Å²) in [7, 11) is 0. The first-order valence-electron chi connectivity index (χ1n) is 7.69. The Bertz CT molecular complexity index is 734. The SMILES string of the molecule is CC(C)n1nnnc1S[C@@H](C)C(=O)Nc1ccc2c(c1)OCCO2. The molecule has 0 fully saturated rings. The lowest BCUT2D eigenvalue weighted by Crippen LogP contribution is -2.23. The first kappa shape index (κ1) is 16.6. The van der Waals surface area contributed by atoms with Gasteiger partial charge in [-0.1, -0.05) is 11.8 Å². The van der Waals surface area contributed by atoms with Gasteiger partial charge in [-0.15, -0.1) is 5.10 Å². The average molecular weight is 349 g/mol. The number of anilines is 1. The number of carbonyl (C=O) groups is 1. The Balaban J connectivity index is 1.65. The molecule has 0 radical (unpaired) electrons. The smallest absolute Gasteiger partial charge is 0.237 e. The molecule has 1 aromatic carbocycles. The number of benzene rings is 1. The van der Waals surface area contributed by atoms with Gasteiger partial charge in [0.05, 0.1) is 11.3 Å². The van der Waals surface area contributed by atoms with Crippen molar-refractivity contribution in [3.8, 4) is 11.5 Å². The third kappa shape index (κ3) is 3.61. The monoisotopic (exact) mass is 349 g/mol. The van der Waals surface area contributed by atoms with Crippen LogP contribution in [0.2, 0.25) is 0 Å². The van der Waals surface area contributed by atoms with E-state index < -0.39 is 0 Å². The molecule has 0 bridgehead atoms. The molecule has 1 aromatic heterocycles. The minimum atomic E-state index is -0.346. The number of hydrogen-bond donors (Lipinski definition) is 1. The Hall–Kier alpha value is -2.29. The number of rotatable bonds is 5. The normalized spacial score (nSPS) is 14.5. The number of ether oxygens (including phenoxy) is 2. The molecule has 24 heavy (non-hydrogen) atoms. The Morgan fingerprint density at radius 2 is 2.00 bits per heavy atom. The topological polar surface area (TPSA) is 91.2 Å². The summed E-state index contributed by atoms with van der Waals surface area (Å²) >= 11 is 1.32. The summed E-state index contributed by atoms with van der Waals surface area (Å²) < 4.78 is 12.7. The lowest BCUT2D eigenvalue weighted by atomic mass is 10.2. The molecule has 1 atom stereocenters. The maximum absolute atomic E-state index is 12.4. The van der Waals surface area contributed by atoms with Crippen molar-refractivity contribution in [1.82, 2.24) is 20.2 Å². The highest BCUT2D eigenvalue weighted by atomic mass is 32.2. The number of tetrazole rings is 1. The van der Waals surface area contributed by atoms with Gasteiger partial charge >= 0.3 is 0 Å². The van der Waals surface area contributed by atoms with Crippen LogP contribution in [0, 0.1) is 0 Å². The number of fused-ring (bicyclic) bond motifs is 1. The van der Waals surface area contributed by atoms with E-state index in [4.69, 9.17) is 9.47 Å². The number of thioether (sulfide) groups is 1. The van der Waals surface area contributed by atoms with Crippen LogP contribution in [0.3, 0.4) is 0 Å². The van der Waals surface area contributed by atoms with Gasteiger partial charge < -0.3 is 14.8 Å². The lowest BCUT2D eigenvalue weighted by Gasteiger charge is -2.19. The zero-order valence-corrected chi connectivity index (χ0v) is 14.5. The van der Waals surface area contributed by atoms with E-state index in [2.05, 4.69) is 20.8 Å². The molecule has 8 nitrogen and oxygen atoms in total. The highest BCUT2D eigenvalue weighted by Gasteiger charge is 2.20. The molecule has 0 spiro atoms. The van der Waals surface area contributed by atoms with Crippen LogP contribution < -0.4 is 14.8 Å². The fraction of sp³-hybridized carbons (Fsp3) is 0.467. The number of nitrogens with zero attached hydrogens (tertiary/aromatic N) is 4. The molecule has 0 saturated heterocycles. The van der Waals surface area contributed by atoms with Crippen LogP contribution in [0.5, 0.6) is 11.5 Å². The lowest BCUT2D eigenvalue weighted by molar-refractivity contribution is -0.115. The molecule has 1 N–H and O–H groups in total. The summed E-state index contributed by atoms with van der Waals surface area (Å²) in [6, 6.07) is 5.49. The van der Waals surface area contributed by atoms with E-state index in [0.717, 1.165) is 0 Å². The van der Waals surface area contributed by atoms with Crippen LogP contribution in [-0.2, 0) is 4.79 Å². The standard InChI is InChI=1S/C15H19N5O3S/c1-9(2)20-15(17-18-19-20)24-10(3)14(21)16-11-4-5-12-13(8-11)23-7-6-22-12/h4-5,8-10H,6-7H2,1-3H3,(H,16,21)/t10-/m0/s1. The van der Waals surface area contributed by atoms with Gasteiger partial charge in [0.2, 0.25) is 11.1 Å². The Labute approximate surface area is 143 Å². The van der Waals surface area contributed by atoms with Crippen molar-refractivity contribution in [2.45, 2.75) is 37.2 Å². The molecule has 2 heterocycles. The molecule has 3 rings (SSSR count). The highest BCUT2D eigenvalue weighted by Crippen LogP contribution is 2.33. The van der Waals surface area contributed by atoms with Crippen LogP contribution in [0.4, 0.5) is 5.69 Å². The molecule has 128 valence electrons. The molecule has 1 aliphatic heterocycles. The Morgan fingerprint density at radius 3 is 2.75 bits per heavy atom. The first-order valence-corrected chi connectivity index (χ1v) is 8.57. The summed E-state index contributed by atoms with van der Waals surface area (Å²) in [6.45, 7) is 6.84. The minimum Gasteiger partial charge on any atom is -0.486 e. The summed E-state index contributed by atoms with van der Waals surface area (Å²) in [5.41, 5.74) is 0.667. The molecule has 2 aromatic rings. The molecule has 1 amide bonds. The largest absolute Gasteiger partial charge is 0.486 e. The van der Waals surface area contributed by atoms with Gasteiger partial charge in [0.1, 0.15) is 13.2 Å². The number of carbonyl (C=O) groups excluding carboxylic acids is 1. The van der Waals surface area contributed by atoms with Crippen molar-refractivity contribution in [2.75, 3.05) is 18.5 Å². The van der Waals surface area contributed by atoms with Crippen LogP contribution in [0.1, 0.15) is 26.8 Å². The van der Waals surface area contributed by atoms with Crippen molar-refractivity contribution in [1.29, 1.82) is 0 Å². The molecule has 0 saturated carbocycles. The van der Waals surface area contributed by atoms with Gasteiger partial charge in [-0.25, -0.2) is 4.68 Å². The van der Waals surface area contributed by atoms with E-state index >= 15 is 0 Å². The number of aromatic nitrogens is 4. The summed E-state index contributed by atoms with van der Waals surface area (Å²) in [5, 5.41) is 14.7.